The molecule has 152 valence electrons. The van der Waals surface area contributed by atoms with Gasteiger partial charge in [-0.15, -0.1) is 0 Å². The number of hydrogen-bond donors (Lipinski definition) is 2. The zero-order valence-electron chi connectivity index (χ0n) is 16.1. The van der Waals surface area contributed by atoms with Crippen molar-refractivity contribution >= 4 is 23.5 Å². The molecule has 1 heterocycles. The topological polar surface area (TPSA) is 107 Å². The van der Waals surface area contributed by atoms with Gasteiger partial charge < -0.3 is 20.1 Å². The number of nitrogens with one attached hydrogen (secondary N) is 2. The van der Waals surface area contributed by atoms with Crippen molar-refractivity contribution in [2.24, 2.45) is 0 Å². The lowest BCUT2D eigenvalue weighted by Crippen LogP contribution is -2.30. The van der Waals surface area contributed by atoms with E-state index < -0.39 is 17.8 Å². The number of carbonyl (C=O) groups excluding carboxylic acids is 3. The molecule has 0 bridgehead atoms. The number of para-hydroxylation sites is 1. The Kier molecular flexibility index (Phi) is 6.73. The van der Waals surface area contributed by atoms with Gasteiger partial charge in [-0.2, -0.15) is 0 Å². The molecule has 30 heavy (non-hydrogen) atoms. The Morgan fingerprint density at radius 2 is 1.73 bits per heavy atom. The average molecular weight is 405 g/mol. The second-order valence-corrected chi connectivity index (χ2v) is 6.06. The van der Waals surface area contributed by atoms with Crippen LogP contribution in [-0.4, -0.2) is 36.4 Å². The predicted octanol–water partition coefficient (Wildman–Crippen LogP) is 3.03. The van der Waals surface area contributed by atoms with Crippen LogP contribution in [0.25, 0.3) is 0 Å². The summed E-state index contributed by atoms with van der Waals surface area (Å²) in [6.45, 7) is -0.248. The smallest absolute Gasteiger partial charge is 0.325 e. The van der Waals surface area contributed by atoms with E-state index in [1.54, 1.807) is 42.5 Å². The van der Waals surface area contributed by atoms with Crippen LogP contribution in [0.3, 0.4) is 0 Å². The van der Waals surface area contributed by atoms with Crippen LogP contribution in [0, 0.1) is 0 Å². The van der Waals surface area contributed by atoms with E-state index in [4.69, 9.17) is 4.74 Å². The summed E-state index contributed by atoms with van der Waals surface area (Å²) in [7, 11) is 1.23. The number of anilines is 1. The van der Waals surface area contributed by atoms with Crippen LogP contribution in [0.2, 0.25) is 0 Å². The predicted molar refractivity (Wildman–Crippen MR) is 109 cm³/mol. The largest absolute Gasteiger partial charge is 0.468 e. The molecule has 3 aromatic rings. The maximum Gasteiger partial charge on any atom is 0.325 e. The molecule has 2 N–H and O–H groups in total. The number of rotatable bonds is 7. The SMILES string of the molecule is COC(=O)CNC(=O)c1cccc(NC(=O)c2cccnc2Oc2ccccc2)c1. The van der Waals surface area contributed by atoms with Gasteiger partial charge in [0.1, 0.15) is 17.9 Å². The highest BCUT2D eigenvalue weighted by Crippen LogP contribution is 2.23. The van der Waals surface area contributed by atoms with E-state index in [0.717, 1.165) is 0 Å². The number of aromatic nitrogens is 1. The maximum atomic E-state index is 12.8. The molecule has 3 rings (SSSR count). The second-order valence-electron chi connectivity index (χ2n) is 6.06. The van der Waals surface area contributed by atoms with E-state index in [1.807, 2.05) is 18.2 Å². The number of benzene rings is 2. The van der Waals surface area contributed by atoms with E-state index in [9.17, 15) is 14.4 Å². The monoisotopic (exact) mass is 405 g/mol. The third-order valence-corrected chi connectivity index (χ3v) is 3.98. The van der Waals surface area contributed by atoms with Crippen LogP contribution in [0.1, 0.15) is 20.7 Å². The molecule has 0 aliphatic rings. The van der Waals surface area contributed by atoms with Crippen molar-refractivity contribution in [3.63, 3.8) is 0 Å². The lowest BCUT2D eigenvalue weighted by Gasteiger charge is -2.11. The maximum absolute atomic E-state index is 12.8. The Morgan fingerprint density at radius 3 is 2.50 bits per heavy atom. The van der Waals surface area contributed by atoms with Crippen LogP contribution >= 0.6 is 0 Å². The lowest BCUT2D eigenvalue weighted by atomic mass is 10.1. The van der Waals surface area contributed by atoms with Gasteiger partial charge in [-0.3, -0.25) is 14.4 Å². The fourth-order valence-corrected chi connectivity index (χ4v) is 2.51. The van der Waals surface area contributed by atoms with Gasteiger partial charge in [0.25, 0.3) is 11.8 Å². The number of methoxy groups -OCH3 is 1. The highest BCUT2D eigenvalue weighted by molar-refractivity contribution is 6.06. The number of amides is 2. The standard InChI is InChI=1S/C22H19N3O5/c1-29-19(26)14-24-20(27)15-7-5-8-16(13-15)25-21(28)18-11-6-12-23-22(18)30-17-9-3-2-4-10-17/h2-13H,14H2,1H3,(H,24,27)(H,25,28). The van der Waals surface area contributed by atoms with Crippen LogP contribution in [-0.2, 0) is 9.53 Å². The highest BCUT2D eigenvalue weighted by Gasteiger charge is 2.15. The molecular weight excluding hydrogens is 386 g/mol. The molecule has 0 saturated heterocycles. The van der Waals surface area contributed by atoms with E-state index in [2.05, 4.69) is 20.4 Å². The first-order chi connectivity index (χ1) is 14.6. The first-order valence-electron chi connectivity index (χ1n) is 9.01. The van der Waals surface area contributed by atoms with Crippen molar-refractivity contribution in [1.82, 2.24) is 10.3 Å². The molecule has 0 saturated carbocycles. The molecule has 2 amide bonds. The Balaban J connectivity index is 1.72. The van der Waals surface area contributed by atoms with Crippen molar-refractivity contribution in [2.45, 2.75) is 0 Å². The van der Waals surface area contributed by atoms with E-state index in [0.29, 0.717) is 11.4 Å². The minimum Gasteiger partial charge on any atom is -0.468 e. The minimum absolute atomic E-state index is 0.160. The number of hydrogen-bond acceptors (Lipinski definition) is 6. The van der Waals surface area contributed by atoms with Gasteiger partial charge in [-0.1, -0.05) is 24.3 Å². The van der Waals surface area contributed by atoms with Crippen LogP contribution in [0.5, 0.6) is 11.6 Å². The van der Waals surface area contributed by atoms with Gasteiger partial charge in [0, 0.05) is 17.4 Å². The molecule has 0 spiro atoms. The van der Waals surface area contributed by atoms with Crippen LogP contribution in [0.15, 0.2) is 72.9 Å². The van der Waals surface area contributed by atoms with Gasteiger partial charge in [-0.05, 0) is 42.5 Å². The summed E-state index contributed by atoms with van der Waals surface area (Å²) in [5, 5.41) is 5.17. The number of pyridine rings is 1. The average Bonchev–Trinajstić information content (AvgIpc) is 2.78. The molecule has 0 fully saturated rings. The molecule has 2 aromatic carbocycles. The molecule has 0 unspecified atom stereocenters. The second kappa shape index (κ2) is 9.83. The first kappa shape index (κ1) is 20.5. The summed E-state index contributed by atoms with van der Waals surface area (Å²) in [4.78, 5) is 40.2. The van der Waals surface area contributed by atoms with Crippen molar-refractivity contribution in [3.05, 3.63) is 84.1 Å². The molecule has 0 atom stereocenters. The highest BCUT2D eigenvalue weighted by atomic mass is 16.5. The number of nitrogens with zero attached hydrogens (tertiary/aromatic N) is 1. The van der Waals surface area contributed by atoms with Crippen molar-refractivity contribution < 1.29 is 23.9 Å². The Morgan fingerprint density at radius 1 is 0.933 bits per heavy atom. The normalized spacial score (nSPS) is 10.0. The van der Waals surface area contributed by atoms with Gasteiger partial charge in [0.2, 0.25) is 5.88 Å². The minimum atomic E-state index is -0.560. The summed E-state index contributed by atoms with van der Waals surface area (Å²) in [5.74, 6) is -0.759. The summed E-state index contributed by atoms with van der Waals surface area (Å²) >= 11 is 0. The third kappa shape index (κ3) is 5.41. The van der Waals surface area contributed by atoms with Gasteiger partial charge in [0.15, 0.2) is 0 Å². The van der Waals surface area contributed by atoms with Crippen LogP contribution < -0.4 is 15.4 Å². The Hall–Kier alpha value is -4.20. The zero-order valence-corrected chi connectivity index (χ0v) is 16.1. The summed E-state index contributed by atoms with van der Waals surface area (Å²) in [6, 6.07) is 18.5. The van der Waals surface area contributed by atoms with Crippen molar-refractivity contribution in [1.29, 1.82) is 0 Å². The molecule has 1 aromatic heterocycles. The van der Waals surface area contributed by atoms with E-state index in [-0.39, 0.29) is 23.6 Å². The van der Waals surface area contributed by atoms with E-state index >= 15 is 0 Å². The molecule has 8 nitrogen and oxygen atoms in total. The van der Waals surface area contributed by atoms with Gasteiger partial charge in [-0.25, -0.2) is 4.98 Å². The van der Waals surface area contributed by atoms with E-state index in [1.165, 1.54) is 19.4 Å². The number of ether oxygens (including phenoxy) is 2. The zero-order chi connectivity index (χ0) is 21.3. The van der Waals surface area contributed by atoms with Crippen molar-refractivity contribution in [2.75, 3.05) is 19.0 Å². The number of carbonyl (C=O) groups is 3. The Labute approximate surface area is 172 Å². The van der Waals surface area contributed by atoms with Crippen LogP contribution in [0.4, 0.5) is 5.69 Å². The molecule has 0 aliphatic heterocycles. The lowest BCUT2D eigenvalue weighted by molar-refractivity contribution is -0.139. The molecule has 8 heteroatoms. The van der Waals surface area contributed by atoms with Gasteiger partial charge >= 0.3 is 5.97 Å². The quantitative estimate of drug-likeness (QED) is 0.585. The molecular formula is C22H19N3O5. The fourth-order valence-electron chi connectivity index (χ4n) is 2.51. The summed E-state index contributed by atoms with van der Waals surface area (Å²) in [5.41, 5.74) is 0.922. The number of esters is 1. The fraction of sp³-hybridized carbons (Fsp3) is 0.0909. The van der Waals surface area contributed by atoms with Gasteiger partial charge in [0.05, 0.1) is 7.11 Å². The molecule has 0 radical (unpaired) electrons. The summed E-state index contributed by atoms with van der Waals surface area (Å²) < 4.78 is 10.2. The Bertz CT molecular complexity index is 1050. The first-order valence-corrected chi connectivity index (χ1v) is 9.01. The third-order valence-electron chi connectivity index (χ3n) is 3.98. The van der Waals surface area contributed by atoms with Crippen molar-refractivity contribution in [3.8, 4) is 11.6 Å². The molecule has 0 aliphatic carbocycles. The summed E-state index contributed by atoms with van der Waals surface area (Å²) in [6.07, 6.45) is 1.53.